The average molecular weight is 277 g/mol. The van der Waals surface area contributed by atoms with Gasteiger partial charge in [0.2, 0.25) is 12.7 Å². The number of fused-ring (bicyclic) bond motifs is 1. The number of ether oxygens (including phenoxy) is 2. The van der Waals surface area contributed by atoms with Gasteiger partial charge in [0, 0.05) is 12.6 Å². The Morgan fingerprint density at radius 3 is 2.90 bits per heavy atom. The molecule has 0 aliphatic carbocycles. The van der Waals surface area contributed by atoms with Gasteiger partial charge in [-0.25, -0.2) is 0 Å². The molecule has 2 rings (SSSR count). The van der Waals surface area contributed by atoms with Crippen LogP contribution in [0.15, 0.2) is 24.3 Å². The summed E-state index contributed by atoms with van der Waals surface area (Å²) >= 11 is 0. The van der Waals surface area contributed by atoms with E-state index in [2.05, 4.69) is 5.32 Å². The number of nitrogens with one attached hydrogen (secondary N) is 1. The largest absolute Gasteiger partial charge is 0.454 e. The fourth-order valence-electron chi connectivity index (χ4n) is 1.69. The number of carbonyl (C=O) groups excluding carboxylic acids is 1. The van der Waals surface area contributed by atoms with E-state index in [1.165, 1.54) is 6.08 Å². The Labute approximate surface area is 118 Å². The van der Waals surface area contributed by atoms with Crippen LogP contribution in [-0.2, 0) is 4.79 Å². The summed E-state index contributed by atoms with van der Waals surface area (Å²) in [5, 5.41) is 12.3. The first-order chi connectivity index (χ1) is 9.56. The van der Waals surface area contributed by atoms with Crippen LogP contribution in [-0.4, -0.2) is 30.5 Å². The monoisotopic (exact) mass is 277 g/mol. The molecule has 1 aliphatic heterocycles. The van der Waals surface area contributed by atoms with Crippen molar-refractivity contribution in [3.8, 4) is 11.5 Å². The highest BCUT2D eigenvalue weighted by molar-refractivity contribution is 5.91. The molecule has 20 heavy (non-hydrogen) atoms. The van der Waals surface area contributed by atoms with Crippen LogP contribution >= 0.6 is 0 Å². The third kappa shape index (κ3) is 3.74. The standard InChI is InChI=1S/C15H19NO4/c1-10(2)12(17)8-16-15(18)6-4-11-3-5-13-14(7-11)20-9-19-13/h3-7,10,12,17H,8-9H2,1-2H3,(H,16,18). The number of aliphatic hydroxyl groups is 1. The molecule has 1 aliphatic rings. The Hall–Kier alpha value is -2.01. The van der Waals surface area contributed by atoms with Gasteiger partial charge in [0.05, 0.1) is 6.10 Å². The van der Waals surface area contributed by atoms with E-state index in [0.717, 1.165) is 5.56 Å². The van der Waals surface area contributed by atoms with Gasteiger partial charge in [-0.1, -0.05) is 19.9 Å². The zero-order chi connectivity index (χ0) is 14.5. The smallest absolute Gasteiger partial charge is 0.244 e. The molecule has 5 heteroatoms. The molecular formula is C15H19NO4. The molecule has 1 aromatic carbocycles. The molecule has 0 saturated heterocycles. The van der Waals surface area contributed by atoms with Crippen LogP contribution in [0, 0.1) is 5.92 Å². The average Bonchev–Trinajstić information content (AvgIpc) is 2.89. The highest BCUT2D eigenvalue weighted by Crippen LogP contribution is 2.32. The van der Waals surface area contributed by atoms with Crippen molar-refractivity contribution in [3.05, 3.63) is 29.8 Å². The minimum Gasteiger partial charge on any atom is -0.454 e. The molecule has 2 N–H and O–H groups in total. The molecule has 0 bridgehead atoms. The van der Waals surface area contributed by atoms with E-state index in [-0.39, 0.29) is 25.2 Å². The second-order valence-corrected chi connectivity index (χ2v) is 5.00. The number of aliphatic hydroxyl groups excluding tert-OH is 1. The molecule has 0 aromatic heterocycles. The first-order valence-electron chi connectivity index (χ1n) is 6.60. The first-order valence-corrected chi connectivity index (χ1v) is 6.60. The lowest BCUT2D eigenvalue weighted by molar-refractivity contribution is -0.117. The van der Waals surface area contributed by atoms with Crippen LogP contribution in [0.1, 0.15) is 19.4 Å². The second-order valence-electron chi connectivity index (χ2n) is 5.00. The Morgan fingerprint density at radius 1 is 1.40 bits per heavy atom. The number of hydrogen-bond acceptors (Lipinski definition) is 4. The lowest BCUT2D eigenvalue weighted by Crippen LogP contribution is -2.33. The van der Waals surface area contributed by atoms with Crippen LogP contribution in [0.4, 0.5) is 0 Å². The van der Waals surface area contributed by atoms with Crippen molar-refractivity contribution < 1.29 is 19.4 Å². The van der Waals surface area contributed by atoms with Gasteiger partial charge in [-0.15, -0.1) is 0 Å². The molecule has 1 amide bonds. The van der Waals surface area contributed by atoms with Gasteiger partial charge < -0.3 is 19.9 Å². The summed E-state index contributed by atoms with van der Waals surface area (Å²) in [5.41, 5.74) is 0.855. The third-order valence-corrected chi connectivity index (χ3v) is 3.08. The van der Waals surface area contributed by atoms with Crippen molar-refractivity contribution in [2.45, 2.75) is 20.0 Å². The highest BCUT2D eigenvalue weighted by atomic mass is 16.7. The molecular weight excluding hydrogens is 258 g/mol. The van der Waals surface area contributed by atoms with E-state index < -0.39 is 6.10 Å². The molecule has 1 aromatic rings. The van der Waals surface area contributed by atoms with Crippen molar-refractivity contribution in [1.82, 2.24) is 5.32 Å². The maximum absolute atomic E-state index is 11.6. The number of rotatable bonds is 5. The third-order valence-electron chi connectivity index (χ3n) is 3.08. The fraction of sp³-hybridized carbons (Fsp3) is 0.400. The van der Waals surface area contributed by atoms with Gasteiger partial charge in [0.1, 0.15) is 0 Å². The molecule has 0 spiro atoms. The van der Waals surface area contributed by atoms with Crippen molar-refractivity contribution >= 4 is 12.0 Å². The number of benzene rings is 1. The summed E-state index contributed by atoms with van der Waals surface area (Å²) in [5.74, 6) is 1.28. The van der Waals surface area contributed by atoms with Gasteiger partial charge >= 0.3 is 0 Å². The summed E-state index contributed by atoms with van der Waals surface area (Å²) in [6.07, 6.45) is 2.60. The summed E-state index contributed by atoms with van der Waals surface area (Å²) in [4.78, 5) is 11.6. The maximum atomic E-state index is 11.6. The van der Waals surface area contributed by atoms with Crippen LogP contribution in [0.25, 0.3) is 6.08 Å². The molecule has 108 valence electrons. The molecule has 5 nitrogen and oxygen atoms in total. The quantitative estimate of drug-likeness (QED) is 0.802. The summed E-state index contributed by atoms with van der Waals surface area (Å²) in [7, 11) is 0. The van der Waals surface area contributed by atoms with Gasteiger partial charge in [0.15, 0.2) is 11.5 Å². The van der Waals surface area contributed by atoms with Crippen molar-refractivity contribution in [2.75, 3.05) is 13.3 Å². The molecule has 1 atom stereocenters. The maximum Gasteiger partial charge on any atom is 0.244 e. The predicted octanol–water partition coefficient (Wildman–Crippen LogP) is 1.56. The Balaban J connectivity index is 1.87. The molecule has 0 fully saturated rings. The van der Waals surface area contributed by atoms with Crippen molar-refractivity contribution in [2.24, 2.45) is 5.92 Å². The Morgan fingerprint density at radius 2 is 2.15 bits per heavy atom. The van der Waals surface area contributed by atoms with Crippen LogP contribution in [0.3, 0.4) is 0 Å². The van der Waals surface area contributed by atoms with Crippen molar-refractivity contribution in [3.63, 3.8) is 0 Å². The highest BCUT2D eigenvalue weighted by Gasteiger charge is 2.12. The predicted molar refractivity (Wildman–Crippen MR) is 75.5 cm³/mol. The van der Waals surface area contributed by atoms with Crippen LogP contribution < -0.4 is 14.8 Å². The van der Waals surface area contributed by atoms with Gasteiger partial charge in [0.25, 0.3) is 0 Å². The number of carbonyl (C=O) groups is 1. The minimum absolute atomic E-state index is 0.119. The number of hydrogen-bond donors (Lipinski definition) is 2. The van der Waals surface area contributed by atoms with E-state index in [1.54, 1.807) is 6.08 Å². The zero-order valence-electron chi connectivity index (χ0n) is 11.6. The van der Waals surface area contributed by atoms with E-state index in [0.29, 0.717) is 11.5 Å². The van der Waals surface area contributed by atoms with E-state index in [9.17, 15) is 9.90 Å². The summed E-state index contributed by atoms with van der Waals surface area (Å²) in [6.45, 7) is 4.29. The van der Waals surface area contributed by atoms with E-state index in [1.807, 2.05) is 32.0 Å². The SMILES string of the molecule is CC(C)C(O)CNC(=O)C=Cc1ccc2c(c1)OCO2. The lowest BCUT2D eigenvalue weighted by Gasteiger charge is -2.13. The molecule has 1 unspecified atom stereocenters. The first kappa shape index (κ1) is 14.4. The summed E-state index contributed by atoms with van der Waals surface area (Å²) in [6, 6.07) is 5.47. The van der Waals surface area contributed by atoms with E-state index in [4.69, 9.17) is 9.47 Å². The van der Waals surface area contributed by atoms with Gasteiger partial charge in [-0.2, -0.15) is 0 Å². The van der Waals surface area contributed by atoms with Gasteiger partial charge in [-0.05, 0) is 29.7 Å². The van der Waals surface area contributed by atoms with Crippen molar-refractivity contribution in [1.29, 1.82) is 0 Å². The second kappa shape index (κ2) is 6.43. The minimum atomic E-state index is -0.530. The summed E-state index contributed by atoms with van der Waals surface area (Å²) < 4.78 is 10.5. The lowest BCUT2D eigenvalue weighted by atomic mass is 10.1. The van der Waals surface area contributed by atoms with Gasteiger partial charge in [-0.3, -0.25) is 4.79 Å². The Kier molecular flexibility index (Phi) is 4.63. The molecule has 0 saturated carbocycles. The van der Waals surface area contributed by atoms with E-state index >= 15 is 0 Å². The molecule has 0 radical (unpaired) electrons. The Bertz CT molecular complexity index is 511. The van der Waals surface area contributed by atoms with Crippen LogP contribution in [0.5, 0.6) is 11.5 Å². The topological polar surface area (TPSA) is 67.8 Å². The molecule has 1 heterocycles. The normalized spacial score (nSPS) is 14.8. The number of amides is 1. The van der Waals surface area contributed by atoms with Crippen LogP contribution in [0.2, 0.25) is 0 Å². The zero-order valence-corrected chi connectivity index (χ0v) is 11.6. The fourth-order valence-corrected chi connectivity index (χ4v) is 1.69.